The monoisotopic (exact) mass is 219 g/mol. The zero-order valence-corrected chi connectivity index (χ0v) is 10.0. The lowest BCUT2D eigenvalue weighted by Gasteiger charge is -2.25. The molecule has 1 amide bonds. The van der Waals surface area contributed by atoms with Crippen LogP contribution < -0.4 is 5.32 Å². The van der Waals surface area contributed by atoms with Crippen molar-refractivity contribution in [1.82, 2.24) is 5.32 Å². The summed E-state index contributed by atoms with van der Waals surface area (Å²) in [7, 11) is 1.52. The van der Waals surface area contributed by atoms with Crippen LogP contribution in [0, 0.1) is 0 Å². The summed E-state index contributed by atoms with van der Waals surface area (Å²) in [5.41, 5.74) is -0.541. The second-order valence-electron chi connectivity index (χ2n) is 4.38. The molecule has 90 valence electrons. The van der Waals surface area contributed by atoms with E-state index in [0.29, 0.717) is 0 Å². The Hall–Kier alpha value is -0.810. The molecule has 0 aliphatic rings. The molecular weight excluding hydrogens is 198 g/mol. The Morgan fingerprint density at radius 3 is 2.33 bits per heavy atom. The fourth-order valence-electron chi connectivity index (χ4n) is 0.935. The molecule has 5 nitrogen and oxygen atoms in total. The van der Waals surface area contributed by atoms with Crippen LogP contribution in [0.3, 0.4) is 0 Å². The zero-order chi connectivity index (χ0) is 12.1. The van der Waals surface area contributed by atoms with Crippen LogP contribution in [0.5, 0.6) is 0 Å². The maximum absolute atomic E-state index is 11.3. The third-order valence-corrected chi connectivity index (χ3v) is 1.84. The lowest BCUT2D eigenvalue weighted by Crippen LogP contribution is -2.47. The Morgan fingerprint density at radius 2 is 2.00 bits per heavy atom. The van der Waals surface area contributed by atoms with Crippen LogP contribution in [-0.2, 0) is 9.47 Å². The molecule has 15 heavy (non-hydrogen) atoms. The van der Waals surface area contributed by atoms with Gasteiger partial charge in [0, 0.05) is 7.11 Å². The molecule has 0 heterocycles. The van der Waals surface area contributed by atoms with Crippen LogP contribution in [-0.4, -0.2) is 42.7 Å². The SMILES string of the molecule is CO[C@H](C)[C@@H](CO)NC(=O)OC(C)(C)C. The van der Waals surface area contributed by atoms with Gasteiger partial charge in [0.15, 0.2) is 0 Å². The van der Waals surface area contributed by atoms with Gasteiger partial charge in [-0.05, 0) is 27.7 Å². The van der Waals surface area contributed by atoms with E-state index in [-0.39, 0.29) is 12.7 Å². The Labute approximate surface area is 90.8 Å². The van der Waals surface area contributed by atoms with Crippen molar-refractivity contribution in [3.63, 3.8) is 0 Å². The summed E-state index contributed by atoms with van der Waals surface area (Å²) in [6.07, 6.45) is -0.812. The van der Waals surface area contributed by atoms with E-state index in [1.54, 1.807) is 27.7 Å². The van der Waals surface area contributed by atoms with Gasteiger partial charge in [-0.15, -0.1) is 0 Å². The molecule has 0 aliphatic carbocycles. The summed E-state index contributed by atoms with van der Waals surface area (Å²) >= 11 is 0. The van der Waals surface area contributed by atoms with Gasteiger partial charge in [0.25, 0.3) is 0 Å². The van der Waals surface area contributed by atoms with Crippen LogP contribution in [0.4, 0.5) is 4.79 Å². The highest BCUT2D eigenvalue weighted by atomic mass is 16.6. The van der Waals surface area contributed by atoms with Crippen molar-refractivity contribution < 1.29 is 19.4 Å². The Bertz CT molecular complexity index is 200. The first-order chi connectivity index (χ1) is 6.80. The van der Waals surface area contributed by atoms with E-state index in [1.807, 2.05) is 0 Å². The molecule has 0 rings (SSSR count). The van der Waals surface area contributed by atoms with E-state index >= 15 is 0 Å². The van der Waals surface area contributed by atoms with E-state index in [9.17, 15) is 4.79 Å². The highest BCUT2D eigenvalue weighted by Gasteiger charge is 2.22. The molecule has 0 fully saturated rings. The number of methoxy groups -OCH3 is 1. The van der Waals surface area contributed by atoms with Gasteiger partial charge >= 0.3 is 6.09 Å². The van der Waals surface area contributed by atoms with Crippen molar-refractivity contribution in [2.75, 3.05) is 13.7 Å². The summed E-state index contributed by atoms with van der Waals surface area (Å²) in [4.78, 5) is 11.3. The first-order valence-corrected chi connectivity index (χ1v) is 4.93. The van der Waals surface area contributed by atoms with Gasteiger partial charge in [-0.3, -0.25) is 0 Å². The van der Waals surface area contributed by atoms with Gasteiger partial charge in [-0.2, -0.15) is 0 Å². The average Bonchev–Trinajstić information content (AvgIpc) is 2.10. The predicted molar refractivity (Wildman–Crippen MR) is 56.7 cm³/mol. The van der Waals surface area contributed by atoms with Crippen LogP contribution in [0.2, 0.25) is 0 Å². The molecule has 0 unspecified atom stereocenters. The molecule has 0 saturated carbocycles. The van der Waals surface area contributed by atoms with E-state index in [4.69, 9.17) is 14.6 Å². The normalized spacial score (nSPS) is 15.6. The van der Waals surface area contributed by atoms with Crippen LogP contribution in [0.1, 0.15) is 27.7 Å². The maximum atomic E-state index is 11.3. The fourth-order valence-corrected chi connectivity index (χ4v) is 0.935. The number of aliphatic hydroxyl groups is 1. The van der Waals surface area contributed by atoms with Gasteiger partial charge in [-0.1, -0.05) is 0 Å². The van der Waals surface area contributed by atoms with E-state index < -0.39 is 17.7 Å². The Morgan fingerprint density at radius 1 is 1.47 bits per heavy atom. The lowest BCUT2D eigenvalue weighted by atomic mass is 10.2. The lowest BCUT2D eigenvalue weighted by molar-refractivity contribution is 0.0278. The van der Waals surface area contributed by atoms with Gasteiger partial charge in [-0.25, -0.2) is 4.79 Å². The van der Waals surface area contributed by atoms with Gasteiger partial charge < -0.3 is 19.9 Å². The van der Waals surface area contributed by atoms with Crippen molar-refractivity contribution in [3.05, 3.63) is 0 Å². The first-order valence-electron chi connectivity index (χ1n) is 4.93. The van der Waals surface area contributed by atoms with Crippen molar-refractivity contribution in [1.29, 1.82) is 0 Å². The van der Waals surface area contributed by atoms with Crippen molar-refractivity contribution in [2.45, 2.75) is 45.4 Å². The number of hydrogen-bond donors (Lipinski definition) is 2. The molecule has 2 N–H and O–H groups in total. The number of ether oxygens (including phenoxy) is 2. The summed E-state index contributed by atoms with van der Waals surface area (Å²) in [6.45, 7) is 6.91. The van der Waals surface area contributed by atoms with Crippen LogP contribution in [0.25, 0.3) is 0 Å². The summed E-state index contributed by atoms with van der Waals surface area (Å²) in [5.74, 6) is 0. The largest absolute Gasteiger partial charge is 0.444 e. The number of nitrogens with one attached hydrogen (secondary N) is 1. The van der Waals surface area contributed by atoms with Crippen LogP contribution in [0.15, 0.2) is 0 Å². The van der Waals surface area contributed by atoms with Gasteiger partial charge in [0.2, 0.25) is 0 Å². The van der Waals surface area contributed by atoms with E-state index in [2.05, 4.69) is 5.32 Å². The Kier molecular flexibility index (Phi) is 5.60. The second-order valence-corrected chi connectivity index (χ2v) is 4.38. The van der Waals surface area contributed by atoms with Gasteiger partial charge in [0.05, 0.1) is 18.8 Å². The fraction of sp³-hybridized carbons (Fsp3) is 0.900. The smallest absolute Gasteiger partial charge is 0.408 e. The number of rotatable bonds is 4. The van der Waals surface area contributed by atoms with Gasteiger partial charge in [0.1, 0.15) is 5.60 Å². The van der Waals surface area contributed by atoms with E-state index in [0.717, 1.165) is 0 Å². The molecule has 0 aromatic heterocycles. The van der Waals surface area contributed by atoms with Crippen molar-refractivity contribution in [3.8, 4) is 0 Å². The summed E-state index contributed by atoms with van der Waals surface area (Å²) < 4.78 is 10.1. The number of aliphatic hydroxyl groups excluding tert-OH is 1. The highest BCUT2D eigenvalue weighted by Crippen LogP contribution is 2.07. The quantitative estimate of drug-likeness (QED) is 0.737. The predicted octanol–water partition coefficient (Wildman–Crippen LogP) is 0.907. The number of alkyl carbamates (subject to hydrolysis) is 1. The molecule has 0 bridgehead atoms. The zero-order valence-electron chi connectivity index (χ0n) is 10.0. The minimum atomic E-state index is -0.551. The maximum Gasteiger partial charge on any atom is 0.408 e. The standard InChI is InChI=1S/C10H21NO4/c1-7(14-5)8(6-12)11-9(13)15-10(2,3)4/h7-8,12H,6H2,1-5H3,(H,11,13)/t7-,8-/m1/s1. The van der Waals surface area contributed by atoms with Crippen molar-refractivity contribution >= 4 is 6.09 Å². The van der Waals surface area contributed by atoms with Crippen LogP contribution >= 0.6 is 0 Å². The number of carbonyl (C=O) groups excluding carboxylic acids is 1. The molecule has 5 heteroatoms. The second kappa shape index (κ2) is 5.92. The third-order valence-electron chi connectivity index (χ3n) is 1.84. The first kappa shape index (κ1) is 14.2. The molecule has 0 aliphatic heterocycles. The summed E-state index contributed by atoms with van der Waals surface area (Å²) in [5, 5.41) is 11.6. The molecule has 2 atom stereocenters. The molecule has 0 aromatic carbocycles. The third kappa shape index (κ3) is 6.30. The minimum absolute atomic E-state index is 0.186. The highest BCUT2D eigenvalue weighted by molar-refractivity contribution is 5.68. The van der Waals surface area contributed by atoms with Crippen molar-refractivity contribution in [2.24, 2.45) is 0 Å². The minimum Gasteiger partial charge on any atom is -0.444 e. The number of amides is 1. The molecule has 0 spiro atoms. The number of hydrogen-bond acceptors (Lipinski definition) is 4. The topological polar surface area (TPSA) is 67.8 Å². The molecule has 0 aromatic rings. The molecule has 0 saturated heterocycles. The Balaban J connectivity index is 4.13. The van der Waals surface area contributed by atoms with E-state index in [1.165, 1.54) is 7.11 Å². The average molecular weight is 219 g/mol. The molecule has 0 radical (unpaired) electrons. The number of carbonyl (C=O) groups is 1. The summed E-state index contributed by atoms with van der Waals surface area (Å²) in [6, 6.07) is -0.454. The molecular formula is C10H21NO4.